The number of hydrogen-bond acceptors (Lipinski definition) is 4. The topological polar surface area (TPSA) is 84.3 Å². The van der Waals surface area contributed by atoms with Crippen molar-refractivity contribution in [2.24, 2.45) is 0 Å². The quantitative estimate of drug-likeness (QED) is 0.867. The molecule has 0 saturated carbocycles. The third-order valence-corrected chi connectivity index (χ3v) is 7.00. The maximum absolute atomic E-state index is 12.8. The average molecular weight is 388 g/mol. The summed E-state index contributed by atoms with van der Waals surface area (Å²) in [5, 5.41) is 7.45. The second-order valence-corrected chi connectivity index (χ2v) is 9.40. The molecule has 0 spiro atoms. The Morgan fingerprint density at radius 3 is 2.37 bits per heavy atom. The molecule has 1 amide bonds. The van der Waals surface area contributed by atoms with E-state index >= 15 is 0 Å². The molecule has 1 N–H and O–H groups in total. The largest absolute Gasteiger partial charge is 0.349 e. The minimum absolute atomic E-state index is 0.00260. The van der Waals surface area contributed by atoms with Gasteiger partial charge >= 0.3 is 0 Å². The highest BCUT2D eigenvalue weighted by atomic mass is 32.2. The van der Waals surface area contributed by atoms with Crippen LogP contribution >= 0.6 is 0 Å². The minimum Gasteiger partial charge on any atom is -0.349 e. The van der Waals surface area contributed by atoms with Crippen LogP contribution < -0.4 is 5.32 Å². The lowest BCUT2D eigenvalue weighted by Gasteiger charge is -2.37. The molecule has 1 aromatic heterocycles. The van der Waals surface area contributed by atoms with Crippen LogP contribution in [0.2, 0.25) is 0 Å². The zero-order chi connectivity index (χ0) is 19.2. The van der Waals surface area contributed by atoms with Gasteiger partial charge in [0.25, 0.3) is 5.91 Å². The maximum atomic E-state index is 12.8. The molecule has 2 aliphatic heterocycles. The van der Waals surface area contributed by atoms with E-state index in [1.54, 1.807) is 15.2 Å². The van der Waals surface area contributed by atoms with E-state index in [2.05, 4.69) is 10.4 Å². The number of rotatable bonds is 4. The summed E-state index contributed by atoms with van der Waals surface area (Å²) in [5.74, 6) is -0.146. The first-order valence-corrected chi connectivity index (χ1v) is 11.1. The number of piperidine rings is 1. The highest BCUT2D eigenvalue weighted by molar-refractivity contribution is 7.88. The zero-order valence-corrected chi connectivity index (χ0v) is 16.3. The van der Waals surface area contributed by atoms with E-state index in [0.29, 0.717) is 18.4 Å². The van der Waals surface area contributed by atoms with E-state index in [4.69, 9.17) is 0 Å². The monoisotopic (exact) mass is 388 g/mol. The van der Waals surface area contributed by atoms with Gasteiger partial charge in [-0.3, -0.25) is 4.79 Å². The zero-order valence-electron chi connectivity index (χ0n) is 15.5. The fourth-order valence-electron chi connectivity index (χ4n) is 4.52. The lowest BCUT2D eigenvalue weighted by molar-refractivity contribution is 0.0909. The van der Waals surface area contributed by atoms with E-state index in [-0.39, 0.29) is 24.0 Å². The summed E-state index contributed by atoms with van der Waals surface area (Å²) in [6.45, 7) is 1.88. The molecular weight excluding hydrogens is 364 g/mol. The maximum Gasteiger partial charge on any atom is 0.254 e. The first kappa shape index (κ1) is 18.2. The first-order valence-electron chi connectivity index (χ1n) is 9.24. The number of benzene rings is 1. The van der Waals surface area contributed by atoms with Gasteiger partial charge in [-0.2, -0.15) is 9.40 Å². The number of amides is 1. The van der Waals surface area contributed by atoms with Crippen molar-refractivity contribution in [1.82, 2.24) is 19.4 Å². The fourth-order valence-corrected chi connectivity index (χ4v) is 5.98. The Balaban J connectivity index is 1.48. The van der Waals surface area contributed by atoms with E-state index in [1.165, 1.54) is 6.26 Å². The Labute approximate surface area is 159 Å². The summed E-state index contributed by atoms with van der Waals surface area (Å²) in [6, 6.07) is 9.68. The molecule has 27 heavy (non-hydrogen) atoms. The van der Waals surface area contributed by atoms with Crippen molar-refractivity contribution < 1.29 is 13.2 Å². The molecule has 0 radical (unpaired) electrons. The Morgan fingerprint density at radius 2 is 1.78 bits per heavy atom. The smallest absolute Gasteiger partial charge is 0.254 e. The van der Waals surface area contributed by atoms with Crippen molar-refractivity contribution in [2.45, 2.75) is 50.7 Å². The second kappa shape index (κ2) is 6.76. The Morgan fingerprint density at radius 1 is 1.15 bits per heavy atom. The Hall–Kier alpha value is -2.19. The number of aromatic nitrogens is 2. The van der Waals surface area contributed by atoms with Crippen LogP contribution in [0.1, 0.15) is 41.7 Å². The molecule has 3 heterocycles. The van der Waals surface area contributed by atoms with Gasteiger partial charge in [-0.05, 0) is 44.7 Å². The number of carbonyl (C=O) groups is 1. The van der Waals surface area contributed by atoms with Gasteiger partial charge in [-0.15, -0.1) is 0 Å². The van der Waals surface area contributed by atoms with Crippen molar-refractivity contribution in [3.63, 3.8) is 0 Å². The molecule has 8 heteroatoms. The Kier molecular flexibility index (Phi) is 4.55. The number of fused-ring (bicyclic) bond motifs is 2. The summed E-state index contributed by atoms with van der Waals surface area (Å²) >= 11 is 0. The van der Waals surface area contributed by atoms with E-state index in [1.807, 2.05) is 37.3 Å². The number of hydrogen-bond donors (Lipinski definition) is 1. The molecule has 144 valence electrons. The van der Waals surface area contributed by atoms with Crippen LogP contribution in [0.15, 0.2) is 36.5 Å². The molecule has 2 unspecified atom stereocenters. The number of carbonyl (C=O) groups excluding carboxylic acids is 1. The molecule has 4 rings (SSSR count). The van der Waals surface area contributed by atoms with Gasteiger partial charge < -0.3 is 5.32 Å². The molecule has 2 saturated heterocycles. The lowest BCUT2D eigenvalue weighted by atomic mass is 9.99. The van der Waals surface area contributed by atoms with Crippen LogP contribution in [0.4, 0.5) is 0 Å². The van der Waals surface area contributed by atoms with Crippen molar-refractivity contribution in [3.8, 4) is 5.69 Å². The number of para-hydroxylation sites is 1. The van der Waals surface area contributed by atoms with Crippen LogP contribution in [0.5, 0.6) is 0 Å². The van der Waals surface area contributed by atoms with Crippen molar-refractivity contribution in [2.75, 3.05) is 6.26 Å². The summed E-state index contributed by atoms with van der Waals surface area (Å²) in [6.07, 6.45) is 5.95. The first-order chi connectivity index (χ1) is 12.8. The summed E-state index contributed by atoms with van der Waals surface area (Å²) in [7, 11) is -3.19. The Bertz CT molecular complexity index is 941. The van der Waals surface area contributed by atoms with Crippen LogP contribution in [-0.2, 0) is 10.0 Å². The average Bonchev–Trinajstić information content (AvgIpc) is 3.14. The third kappa shape index (κ3) is 3.39. The molecule has 2 bridgehead atoms. The van der Waals surface area contributed by atoms with E-state index < -0.39 is 10.0 Å². The molecule has 7 nitrogen and oxygen atoms in total. The lowest BCUT2D eigenvalue weighted by Crippen LogP contribution is -2.52. The van der Waals surface area contributed by atoms with E-state index in [0.717, 1.165) is 24.2 Å². The molecule has 2 atom stereocenters. The summed E-state index contributed by atoms with van der Waals surface area (Å²) in [4.78, 5) is 12.8. The fraction of sp³-hybridized carbons (Fsp3) is 0.474. The van der Waals surface area contributed by atoms with Crippen molar-refractivity contribution in [3.05, 3.63) is 47.8 Å². The number of nitrogens with one attached hydrogen (secondary N) is 1. The van der Waals surface area contributed by atoms with Crippen LogP contribution in [0.25, 0.3) is 5.69 Å². The summed E-state index contributed by atoms with van der Waals surface area (Å²) < 4.78 is 27.4. The van der Waals surface area contributed by atoms with Crippen LogP contribution in [0, 0.1) is 6.92 Å². The molecular formula is C19H24N4O3S. The standard InChI is InChI=1S/C19H24N4O3S/c1-13-18(12-20-22(13)15-6-4-3-5-7-15)19(24)21-14-10-16-8-9-17(11-14)23(16)27(2,25)26/h3-7,12,14,16-17H,8-11H2,1-2H3,(H,21,24). The second-order valence-electron chi connectivity index (χ2n) is 7.51. The molecule has 1 aromatic carbocycles. The van der Waals surface area contributed by atoms with Gasteiger partial charge in [0.15, 0.2) is 0 Å². The molecule has 2 aliphatic rings. The minimum atomic E-state index is -3.19. The third-order valence-electron chi connectivity index (χ3n) is 5.64. The molecule has 2 aromatic rings. The molecule has 2 fully saturated rings. The van der Waals surface area contributed by atoms with Gasteiger partial charge in [0, 0.05) is 18.1 Å². The van der Waals surface area contributed by atoms with Gasteiger partial charge in [-0.1, -0.05) is 18.2 Å². The summed E-state index contributed by atoms with van der Waals surface area (Å²) in [5.41, 5.74) is 2.25. The highest BCUT2D eigenvalue weighted by Crippen LogP contribution is 2.37. The van der Waals surface area contributed by atoms with Gasteiger partial charge in [-0.25, -0.2) is 13.1 Å². The SMILES string of the molecule is Cc1c(C(=O)NC2CC3CCC(C2)N3S(C)(=O)=O)cnn1-c1ccccc1. The van der Waals surface area contributed by atoms with Crippen molar-refractivity contribution in [1.29, 1.82) is 0 Å². The molecule has 0 aliphatic carbocycles. The number of nitrogens with zero attached hydrogens (tertiary/aromatic N) is 3. The van der Waals surface area contributed by atoms with Crippen LogP contribution in [0.3, 0.4) is 0 Å². The predicted octanol–water partition coefficient (Wildman–Crippen LogP) is 1.87. The van der Waals surface area contributed by atoms with Crippen molar-refractivity contribution >= 4 is 15.9 Å². The van der Waals surface area contributed by atoms with Gasteiger partial charge in [0.05, 0.1) is 29.4 Å². The predicted molar refractivity (Wildman–Crippen MR) is 102 cm³/mol. The van der Waals surface area contributed by atoms with Crippen LogP contribution in [-0.4, -0.2) is 52.8 Å². The number of sulfonamides is 1. The van der Waals surface area contributed by atoms with Gasteiger partial charge in [0.2, 0.25) is 10.0 Å². The normalized spacial score (nSPS) is 25.5. The highest BCUT2D eigenvalue weighted by Gasteiger charge is 2.45. The van der Waals surface area contributed by atoms with E-state index in [9.17, 15) is 13.2 Å². The van der Waals surface area contributed by atoms with Gasteiger partial charge in [0.1, 0.15) is 0 Å².